The third-order valence-electron chi connectivity index (χ3n) is 3.97. The predicted octanol–water partition coefficient (Wildman–Crippen LogP) is 4.30. The van der Waals surface area contributed by atoms with Crippen LogP contribution in [0, 0.1) is 0 Å². The van der Waals surface area contributed by atoms with Crippen molar-refractivity contribution in [3.05, 3.63) is 52.2 Å². The minimum absolute atomic E-state index is 0.0696. The van der Waals surface area contributed by atoms with Crippen LogP contribution in [-0.4, -0.2) is 25.0 Å². The molecule has 4 heteroatoms. The maximum atomic E-state index is 12.3. The van der Waals surface area contributed by atoms with Crippen molar-refractivity contribution in [1.29, 1.82) is 0 Å². The molecule has 2 aromatic rings. The molecule has 0 aliphatic heterocycles. The molecular weight excluding hydrogens is 294 g/mol. The third kappa shape index (κ3) is 4.34. The van der Waals surface area contributed by atoms with Crippen molar-refractivity contribution < 1.29 is 9.53 Å². The number of rotatable bonds is 7. The molecule has 0 spiro atoms. The number of carbonyl (C=O) groups excluding carboxylic acids is 1. The van der Waals surface area contributed by atoms with Gasteiger partial charge in [-0.05, 0) is 48.9 Å². The van der Waals surface area contributed by atoms with E-state index in [0.29, 0.717) is 6.42 Å². The van der Waals surface area contributed by atoms with Gasteiger partial charge < -0.3 is 9.64 Å². The van der Waals surface area contributed by atoms with Gasteiger partial charge in [0, 0.05) is 18.3 Å². The molecule has 1 aromatic heterocycles. The topological polar surface area (TPSA) is 29.5 Å². The molecule has 1 heterocycles. The molecule has 0 saturated heterocycles. The molecule has 1 unspecified atom stereocenters. The van der Waals surface area contributed by atoms with Gasteiger partial charge in [0.05, 0.1) is 13.2 Å². The normalized spacial score (nSPS) is 12.0. The van der Waals surface area contributed by atoms with Gasteiger partial charge in [0.25, 0.3) is 0 Å². The molecule has 0 saturated carbocycles. The molecule has 0 N–H and O–H groups in total. The summed E-state index contributed by atoms with van der Waals surface area (Å²) >= 11 is 1.75. The van der Waals surface area contributed by atoms with Crippen molar-refractivity contribution >= 4 is 17.2 Å². The van der Waals surface area contributed by atoms with E-state index >= 15 is 0 Å². The highest BCUT2D eigenvalue weighted by Crippen LogP contribution is 2.22. The van der Waals surface area contributed by atoms with Crippen LogP contribution in [0.3, 0.4) is 0 Å². The first-order valence-corrected chi connectivity index (χ1v) is 8.41. The van der Waals surface area contributed by atoms with Crippen LogP contribution in [-0.2, 0) is 11.2 Å². The van der Waals surface area contributed by atoms with Crippen LogP contribution in [0.25, 0.3) is 0 Å². The molecule has 3 nitrogen and oxygen atoms in total. The zero-order chi connectivity index (χ0) is 15.9. The average molecular weight is 317 g/mol. The summed E-state index contributed by atoms with van der Waals surface area (Å²) < 4.78 is 5.17. The van der Waals surface area contributed by atoms with Crippen molar-refractivity contribution in [2.45, 2.75) is 32.2 Å². The first kappa shape index (κ1) is 16.6. The maximum absolute atomic E-state index is 12.3. The van der Waals surface area contributed by atoms with Crippen LogP contribution >= 0.6 is 11.3 Å². The second-order valence-corrected chi connectivity index (χ2v) is 6.42. The fraction of sp³-hybridized carbons (Fsp3) is 0.389. The number of aryl methyl sites for hydroxylation is 1. The van der Waals surface area contributed by atoms with Gasteiger partial charge in [0.15, 0.2) is 0 Å². The SMILES string of the molecule is COc1ccc(C(C)N(C)C(=O)CCCc2cccs2)cc1. The number of hydrogen-bond acceptors (Lipinski definition) is 3. The standard InChI is InChI=1S/C18H23NO2S/c1-14(15-9-11-16(21-3)12-10-15)19(2)18(20)8-4-6-17-7-5-13-22-17/h5,7,9-14H,4,6,8H2,1-3H3. The van der Waals surface area contributed by atoms with E-state index in [2.05, 4.69) is 24.4 Å². The summed E-state index contributed by atoms with van der Waals surface area (Å²) in [6, 6.07) is 12.1. The zero-order valence-electron chi connectivity index (χ0n) is 13.4. The van der Waals surface area contributed by atoms with Gasteiger partial charge in [-0.15, -0.1) is 11.3 Å². The minimum atomic E-state index is 0.0696. The zero-order valence-corrected chi connectivity index (χ0v) is 14.2. The van der Waals surface area contributed by atoms with Crippen molar-refractivity contribution in [2.24, 2.45) is 0 Å². The van der Waals surface area contributed by atoms with Gasteiger partial charge in [-0.25, -0.2) is 0 Å². The average Bonchev–Trinajstić information content (AvgIpc) is 3.06. The molecule has 0 bridgehead atoms. The summed E-state index contributed by atoms with van der Waals surface area (Å²) in [5.74, 6) is 1.03. The largest absolute Gasteiger partial charge is 0.497 e. The van der Waals surface area contributed by atoms with E-state index in [1.54, 1.807) is 18.4 Å². The van der Waals surface area contributed by atoms with Crippen LogP contribution < -0.4 is 4.74 Å². The Balaban J connectivity index is 1.85. The number of benzene rings is 1. The second-order valence-electron chi connectivity index (χ2n) is 5.39. The molecule has 0 radical (unpaired) electrons. The molecule has 0 aliphatic carbocycles. The monoisotopic (exact) mass is 317 g/mol. The van der Waals surface area contributed by atoms with E-state index in [1.807, 2.05) is 36.2 Å². The molecule has 22 heavy (non-hydrogen) atoms. The van der Waals surface area contributed by atoms with Crippen LogP contribution in [0.2, 0.25) is 0 Å². The Morgan fingerprint density at radius 2 is 2.00 bits per heavy atom. The van der Waals surface area contributed by atoms with Gasteiger partial charge in [-0.2, -0.15) is 0 Å². The molecule has 1 amide bonds. The van der Waals surface area contributed by atoms with E-state index in [9.17, 15) is 4.79 Å². The van der Waals surface area contributed by atoms with E-state index in [0.717, 1.165) is 24.2 Å². The van der Waals surface area contributed by atoms with E-state index < -0.39 is 0 Å². The Kier molecular flexibility index (Phi) is 6.01. The van der Waals surface area contributed by atoms with Crippen LogP contribution in [0.4, 0.5) is 0 Å². The number of nitrogens with zero attached hydrogens (tertiary/aromatic N) is 1. The first-order valence-electron chi connectivity index (χ1n) is 7.54. The van der Waals surface area contributed by atoms with Crippen LogP contribution in [0.15, 0.2) is 41.8 Å². The summed E-state index contributed by atoms with van der Waals surface area (Å²) in [5.41, 5.74) is 1.12. The van der Waals surface area contributed by atoms with Gasteiger partial charge >= 0.3 is 0 Å². The highest BCUT2D eigenvalue weighted by molar-refractivity contribution is 7.09. The second kappa shape index (κ2) is 7.99. The highest BCUT2D eigenvalue weighted by Gasteiger charge is 2.17. The Labute approximate surface area is 136 Å². The fourth-order valence-electron chi connectivity index (χ4n) is 2.37. The summed E-state index contributed by atoms with van der Waals surface area (Å²) in [4.78, 5) is 15.5. The van der Waals surface area contributed by atoms with E-state index in [4.69, 9.17) is 4.74 Å². The highest BCUT2D eigenvalue weighted by atomic mass is 32.1. The number of carbonyl (C=O) groups is 1. The molecule has 1 atom stereocenters. The number of methoxy groups -OCH3 is 1. The molecule has 118 valence electrons. The van der Waals surface area contributed by atoms with Crippen molar-refractivity contribution in [3.8, 4) is 5.75 Å². The van der Waals surface area contributed by atoms with Gasteiger partial charge in [-0.3, -0.25) is 4.79 Å². The van der Waals surface area contributed by atoms with Gasteiger partial charge in [0.2, 0.25) is 5.91 Å². The Morgan fingerprint density at radius 3 is 2.59 bits per heavy atom. The van der Waals surface area contributed by atoms with Gasteiger partial charge in [0.1, 0.15) is 5.75 Å². The smallest absolute Gasteiger partial charge is 0.222 e. The summed E-state index contributed by atoms with van der Waals surface area (Å²) in [6.07, 6.45) is 2.47. The fourth-order valence-corrected chi connectivity index (χ4v) is 3.12. The predicted molar refractivity (Wildman–Crippen MR) is 91.4 cm³/mol. The Hall–Kier alpha value is -1.81. The summed E-state index contributed by atoms with van der Waals surface area (Å²) in [6.45, 7) is 2.05. The number of thiophene rings is 1. The molecule has 1 aromatic carbocycles. The van der Waals surface area contributed by atoms with Crippen molar-refractivity contribution in [2.75, 3.05) is 14.2 Å². The lowest BCUT2D eigenvalue weighted by Gasteiger charge is -2.25. The molecular formula is C18H23NO2S. The first-order chi connectivity index (χ1) is 10.6. The maximum Gasteiger partial charge on any atom is 0.222 e. The van der Waals surface area contributed by atoms with Crippen LogP contribution in [0.1, 0.15) is 36.2 Å². The van der Waals surface area contributed by atoms with Crippen LogP contribution in [0.5, 0.6) is 5.75 Å². The minimum Gasteiger partial charge on any atom is -0.497 e. The lowest BCUT2D eigenvalue weighted by Crippen LogP contribution is -2.29. The number of amides is 1. The summed E-state index contributed by atoms with van der Waals surface area (Å²) in [7, 11) is 3.53. The summed E-state index contributed by atoms with van der Waals surface area (Å²) in [5, 5.41) is 2.08. The lowest BCUT2D eigenvalue weighted by atomic mass is 10.1. The third-order valence-corrected chi connectivity index (χ3v) is 4.90. The molecule has 2 rings (SSSR count). The number of hydrogen-bond donors (Lipinski definition) is 0. The van der Waals surface area contributed by atoms with E-state index in [-0.39, 0.29) is 11.9 Å². The quantitative estimate of drug-likeness (QED) is 0.762. The molecule has 0 aliphatic rings. The number of ether oxygens (including phenoxy) is 1. The molecule has 0 fully saturated rings. The van der Waals surface area contributed by atoms with E-state index in [1.165, 1.54) is 4.88 Å². The Morgan fingerprint density at radius 1 is 1.27 bits per heavy atom. The lowest BCUT2D eigenvalue weighted by molar-refractivity contribution is -0.131. The van der Waals surface area contributed by atoms with Gasteiger partial charge in [-0.1, -0.05) is 18.2 Å². The van der Waals surface area contributed by atoms with Crippen molar-refractivity contribution in [3.63, 3.8) is 0 Å². The van der Waals surface area contributed by atoms with Crippen molar-refractivity contribution in [1.82, 2.24) is 4.90 Å². The Bertz CT molecular complexity index is 578.